The number of amides is 1. The van der Waals surface area contributed by atoms with Crippen molar-refractivity contribution in [1.82, 2.24) is 20.4 Å². The Balaban J connectivity index is 1.65. The van der Waals surface area contributed by atoms with Gasteiger partial charge in [0.2, 0.25) is 0 Å². The highest BCUT2D eigenvalue weighted by Crippen LogP contribution is 2.29. The van der Waals surface area contributed by atoms with E-state index in [1.54, 1.807) is 0 Å². The Labute approximate surface area is 148 Å². The Morgan fingerprint density at radius 3 is 2.72 bits per heavy atom. The first kappa shape index (κ1) is 16.3. The zero-order valence-electron chi connectivity index (χ0n) is 14.7. The van der Waals surface area contributed by atoms with Gasteiger partial charge in [-0.05, 0) is 38.8 Å². The lowest BCUT2D eigenvalue weighted by Gasteiger charge is -2.23. The number of carbonyl (C=O) groups is 1. The first-order valence-electron chi connectivity index (χ1n) is 9.19. The summed E-state index contributed by atoms with van der Waals surface area (Å²) in [4.78, 5) is 17.2. The molecule has 2 fully saturated rings. The Kier molecular flexibility index (Phi) is 4.53. The quantitative estimate of drug-likeness (QED) is 0.922. The summed E-state index contributed by atoms with van der Waals surface area (Å²) in [6, 6.07) is 7.99. The number of fused-ring (bicyclic) bond motifs is 1. The average molecular weight is 339 g/mol. The molecule has 1 aromatic heterocycles. The minimum atomic E-state index is -0.113. The standard InChI is InChI=1S/C19H25N5O/c1-23-9-4-10-24(12-11-23)18-16-6-3-2-5-15(16)17(21-22-18)19(25)20-13-14-7-8-14/h2-3,5-6,14H,4,7-13H2,1H3,(H,20,25). The van der Waals surface area contributed by atoms with Crippen LogP contribution in [0.3, 0.4) is 0 Å². The second-order valence-electron chi connectivity index (χ2n) is 7.22. The van der Waals surface area contributed by atoms with Crippen LogP contribution >= 0.6 is 0 Å². The molecular formula is C19H25N5O. The lowest BCUT2D eigenvalue weighted by atomic mass is 10.1. The summed E-state index contributed by atoms with van der Waals surface area (Å²) in [6.45, 7) is 4.76. The summed E-state index contributed by atoms with van der Waals surface area (Å²) in [5.74, 6) is 1.43. The Hall–Kier alpha value is -2.21. The summed E-state index contributed by atoms with van der Waals surface area (Å²) in [5.41, 5.74) is 0.437. The van der Waals surface area contributed by atoms with E-state index in [4.69, 9.17) is 0 Å². The largest absolute Gasteiger partial charge is 0.353 e. The molecule has 2 heterocycles. The molecule has 6 nitrogen and oxygen atoms in total. The van der Waals surface area contributed by atoms with Gasteiger partial charge in [-0.1, -0.05) is 24.3 Å². The molecule has 1 amide bonds. The van der Waals surface area contributed by atoms with E-state index in [0.717, 1.165) is 55.7 Å². The molecule has 1 aromatic carbocycles. The highest BCUT2D eigenvalue weighted by molar-refractivity contribution is 6.07. The number of aromatic nitrogens is 2. The minimum absolute atomic E-state index is 0.113. The van der Waals surface area contributed by atoms with Crippen molar-refractivity contribution in [2.75, 3.05) is 44.7 Å². The van der Waals surface area contributed by atoms with Crippen molar-refractivity contribution in [2.24, 2.45) is 5.92 Å². The fourth-order valence-electron chi connectivity index (χ4n) is 3.39. The molecule has 25 heavy (non-hydrogen) atoms. The van der Waals surface area contributed by atoms with E-state index in [2.05, 4.69) is 32.4 Å². The fraction of sp³-hybridized carbons (Fsp3) is 0.526. The van der Waals surface area contributed by atoms with E-state index >= 15 is 0 Å². The van der Waals surface area contributed by atoms with Crippen LogP contribution < -0.4 is 10.2 Å². The van der Waals surface area contributed by atoms with Crippen LogP contribution in [-0.2, 0) is 0 Å². The van der Waals surface area contributed by atoms with Gasteiger partial charge in [-0.2, -0.15) is 0 Å². The van der Waals surface area contributed by atoms with Gasteiger partial charge < -0.3 is 15.1 Å². The molecule has 0 radical (unpaired) electrons. The predicted molar refractivity (Wildman–Crippen MR) is 98.9 cm³/mol. The number of nitrogens with one attached hydrogen (secondary N) is 1. The molecule has 0 bridgehead atoms. The normalized spacial score (nSPS) is 19.0. The van der Waals surface area contributed by atoms with Gasteiger partial charge in [0.1, 0.15) is 0 Å². The van der Waals surface area contributed by atoms with Crippen molar-refractivity contribution < 1.29 is 4.79 Å². The van der Waals surface area contributed by atoms with E-state index < -0.39 is 0 Å². The van der Waals surface area contributed by atoms with Gasteiger partial charge in [-0.3, -0.25) is 4.79 Å². The van der Waals surface area contributed by atoms with Crippen LogP contribution in [0.1, 0.15) is 29.8 Å². The summed E-state index contributed by atoms with van der Waals surface area (Å²) < 4.78 is 0. The van der Waals surface area contributed by atoms with Crippen molar-refractivity contribution in [1.29, 1.82) is 0 Å². The van der Waals surface area contributed by atoms with Crippen molar-refractivity contribution >= 4 is 22.5 Å². The maximum Gasteiger partial charge on any atom is 0.272 e. The van der Waals surface area contributed by atoms with Crippen LogP contribution in [0.15, 0.2) is 24.3 Å². The number of carbonyl (C=O) groups excluding carboxylic acids is 1. The van der Waals surface area contributed by atoms with Crippen molar-refractivity contribution in [3.63, 3.8) is 0 Å². The van der Waals surface area contributed by atoms with Crippen LogP contribution in [0.25, 0.3) is 10.8 Å². The highest BCUT2D eigenvalue weighted by atomic mass is 16.1. The molecule has 0 unspecified atom stereocenters. The number of nitrogens with zero attached hydrogens (tertiary/aromatic N) is 4. The van der Waals surface area contributed by atoms with Crippen molar-refractivity contribution in [3.05, 3.63) is 30.0 Å². The van der Waals surface area contributed by atoms with Crippen molar-refractivity contribution in [3.8, 4) is 0 Å². The molecule has 132 valence electrons. The number of likely N-dealkylation sites (N-methyl/N-ethyl adjacent to an activating group) is 1. The maximum absolute atomic E-state index is 12.5. The molecule has 2 aliphatic rings. The fourth-order valence-corrected chi connectivity index (χ4v) is 3.39. The third kappa shape index (κ3) is 3.58. The number of hydrogen-bond acceptors (Lipinski definition) is 5. The average Bonchev–Trinajstić information content (AvgIpc) is 3.47. The Morgan fingerprint density at radius 2 is 1.92 bits per heavy atom. The first-order valence-corrected chi connectivity index (χ1v) is 9.19. The number of hydrogen-bond donors (Lipinski definition) is 1. The first-order chi connectivity index (χ1) is 12.2. The summed E-state index contributed by atoms with van der Waals surface area (Å²) in [7, 11) is 2.15. The van der Waals surface area contributed by atoms with Crippen molar-refractivity contribution in [2.45, 2.75) is 19.3 Å². The zero-order chi connectivity index (χ0) is 17.2. The third-order valence-corrected chi connectivity index (χ3v) is 5.15. The topological polar surface area (TPSA) is 61.4 Å². The smallest absolute Gasteiger partial charge is 0.272 e. The lowest BCUT2D eigenvalue weighted by molar-refractivity contribution is 0.0947. The van der Waals surface area contributed by atoms with E-state index in [1.807, 2.05) is 24.3 Å². The second-order valence-corrected chi connectivity index (χ2v) is 7.22. The molecule has 1 N–H and O–H groups in total. The zero-order valence-corrected chi connectivity index (χ0v) is 14.7. The molecule has 1 aliphatic carbocycles. The van der Waals surface area contributed by atoms with Gasteiger partial charge in [0.25, 0.3) is 5.91 Å². The van der Waals surface area contributed by atoms with Gasteiger partial charge in [-0.25, -0.2) is 0 Å². The number of rotatable bonds is 4. The monoisotopic (exact) mass is 339 g/mol. The van der Waals surface area contributed by atoms with Crippen LogP contribution in [0.4, 0.5) is 5.82 Å². The molecule has 6 heteroatoms. The second kappa shape index (κ2) is 6.96. The minimum Gasteiger partial charge on any atom is -0.353 e. The number of benzene rings is 1. The Bertz CT molecular complexity index is 773. The van der Waals surface area contributed by atoms with Crippen LogP contribution in [0.5, 0.6) is 0 Å². The van der Waals surface area contributed by atoms with E-state index in [9.17, 15) is 4.79 Å². The van der Waals surface area contributed by atoms with Gasteiger partial charge in [0, 0.05) is 37.0 Å². The number of anilines is 1. The molecular weight excluding hydrogens is 314 g/mol. The molecule has 2 aromatic rings. The molecule has 1 saturated carbocycles. The lowest BCUT2D eigenvalue weighted by Crippen LogP contribution is -2.31. The maximum atomic E-state index is 12.5. The summed E-state index contributed by atoms with van der Waals surface area (Å²) in [5, 5.41) is 13.7. The summed E-state index contributed by atoms with van der Waals surface area (Å²) >= 11 is 0. The Morgan fingerprint density at radius 1 is 1.12 bits per heavy atom. The molecule has 4 rings (SSSR count). The predicted octanol–water partition coefficient (Wildman–Crippen LogP) is 1.91. The van der Waals surface area contributed by atoms with E-state index in [0.29, 0.717) is 11.6 Å². The van der Waals surface area contributed by atoms with Crippen LogP contribution in [0.2, 0.25) is 0 Å². The molecule has 1 aliphatic heterocycles. The third-order valence-electron chi connectivity index (χ3n) is 5.15. The van der Waals surface area contributed by atoms with Gasteiger partial charge in [-0.15, -0.1) is 10.2 Å². The van der Waals surface area contributed by atoms with E-state index in [1.165, 1.54) is 12.8 Å². The van der Waals surface area contributed by atoms with Gasteiger partial charge >= 0.3 is 0 Å². The highest BCUT2D eigenvalue weighted by Gasteiger charge is 2.24. The molecule has 0 spiro atoms. The van der Waals surface area contributed by atoms with Gasteiger partial charge in [0.15, 0.2) is 11.5 Å². The van der Waals surface area contributed by atoms with Crippen LogP contribution in [0, 0.1) is 5.92 Å². The SMILES string of the molecule is CN1CCCN(c2nnc(C(=O)NCC3CC3)c3ccccc23)CC1. The van der Waals surface area contributed by atoms with Gasteiger partial charge in [0.05, 0.1) is 0 Å². The van der Waals surface area contributed by atoms with Crippen LogP contribution in [-0.4, -0.2) is 60.8 Å². The molecule has 0 atom stereocenters. The summed E-state index contributed by atoms with van der Waals surface area (Å²) in [6.07, 6.45) is 3.54. The molecule has 1 saturated heterocycles. The van der Waals surface area contributed by atoms with E-state index in [-0.39, 0.29) is 5.91 Å².